The van der Waals surface area contributed by atoms with Gasteiger partial charge in [0.25, 0.3) is 0 Å². The van der Waals surface area contributed by atoms with Crippen molar-refractivity contribution in [3.8, 4) is 11.5 Å². The molecule has 0 saturated carbocycles. The van der Waals surface area contributed by atoms with E-state index >= 15 is 0 Å². The van der Waals surface area contributed by atoms with Crippen LogP contribution in [0.5, 0.6) is 11.5 Å². The minimum Gasteiger partial charge on any atom is -0.454 e. The number of ether oxygens (including phenoxy) is 3. The maximum absolute atomic E-state index is 12.6. The molecule has 0 unspecified atom stereocenters. The van der Waals surface area contributed by atoms with Gasteiger partial charge in [0.2, 0.25) is 6.79 Å². The zero-order valence-corrected chi connectivity index (χ0v) is 11.8. The van der Waals surface area contributed by atoms with E-state index < -0.39 is 12.5 Å². The summed E-state index contributed by atoms with van der Waals surface area (Å²) in [6, 6.07) is 5.20. The molecule has 0 atom stereocenters. The summed E-state index contributed by atoms with van der Waals surface area (Å²) >= 11 is 0. The van der Waals surface area contributed by atoms with Gasteiger partial charge in [-0.25, -0.2) is 9.78 Å². The number of fused-ring (bicyclic) bond motifs is 1. The number of esters is 1. The lowest BCUT2D eigenvalue weighted by Crippen LogP contribution is -2.08. The minimum absolute atomic E-state index is 0.0233. The third-order valence-electron chi connectivity index (χ3n) is 3.11. The Kier molecular flexibility index (Phi) is 4.22. The molecule has 1 aliphatic rings. The largest absolute Gasteiger partial charge is 0.454 e. The molecule has 0 spiro atoms. The Morgan fingerprint density at radius 2 is 2.22 bits per heavy atom. The standard InChI is InChI=1S/C15H12F2N2O4/c16-15(17)19-6-5-18-13(19)8-21-14(20)4-2-10-1-3-11-12(7-10)23-9-22-11/h1-7,15H,8-9H2. The first-order chi connectivity index (χ1) is 11.1. The van der Waals surface area contributed by atoms with Crippen LogP contribution in [-0.4, -0.2) is 22.3 Å². The Bertz CT molecular complexity index is 743. The van der Waals surface area contributed by atoms with Crippen molar-refractivity contribution in [1.29, 1.82) is 0 Å². The second-order valence-corrected chi connectivity index (χ2v) is 4.58. The fourth-order valence-corrected chi connectivity index (χ4v) is 2.00. The van der Waals surface area contributed by atoms with Crippen LogP contribution in [0, 0.1) is 0 Å². The SMILES string of the molecule is O=C(C=Cc1ccc2c(c1)OCO2)OCc1nccn1C(F)F. The average Bonchev–Trinajstić information content (AvgIpc) is 3.18. The summed E-state index contributed by atoms with van der Waals surface area (Å²) in [6.07, 6.45) is 5.07. The highest BCUT2D eigenvalue weighted by Crippen LogP contribution is 2.32. The maximum atomic E-state index is 12.6. The van der Waals surface area contributed by atoms with Crippen LogP contribution in [0.2, 0.25) is 0 Å². The first-order valence-corrected chi connectivity index (χ1v) is 6.68. The fourth-order valence-electron chi connectivity index (χ4n) is 2.00. The predicted octanol–water partition coefficient (Wildman–Crippen LogP) is 2.76. The topological polar surface area (TPSA) is 62.6 Å². The number of nitrogens with zero attached hydrogens (tertiary/aromatic N) is 2. The third-order valence-corrected chi connectivity index (χ3v) is 3.11. The summed E-state index contributed by atoms with van der Waals surface area (Å²) in [5.41, 5.74) is 0.722. The van der Waals surface area contributed by atoms with E-state index in [4.69, 9.17) is 14.2 Å². The molecule has 1 aromatic heterocycles. The molecule has 1 aromatic carbocycles. The average molecular weight is 322 g/mol. The maximum Gasteiger partial charge on any atom is 0.331 e. The Balaban J connectivity index is 1.58. The van der Waals surface area contributed by atoms with Gasteiger partial charge in [-0.3, -0.25) is 4.57 Å². The van der Waals surface area contributed by atoms with E-state index in [9.17, 15) is 13.6 Å². The van der Waals surface area contributed by atoms with E-state index in [0.29, 0.717) is 16.1 Å². The number of rotatable bonds is 5. The highest BCUT2D eigenvalue weighted by atomic mass is 19.3. The van der Waals surface area contributed by atoms with Crippen LogP contribution >= 0.6 is 0 Å². The van der Waals surface area contributed by atoms with E-state index in [0.717, 1.165) is 11.8 Å². The minimum atomic E-state index is -2.73. The lowest BCUT2D eigenvalue weighted by atomic mass is 10.2. The highest BCUT2D eigenvalue weighted by molar-refractivity contribution is 5.87. The fraction of sp³-hybridized carbons (Fsp3) is 0.200. The predicted molar refractivity (Wildman–Crippen MR) is 74.9 cm³/mol. The summed E-state index contributed by atoms with van der Waals surface area (Å²) in [5, 5.41) is 0. The van der Waals surface area contributed by atoms with Gasteiger partial charge in [0.15, 0.2) is 17.3 Å². The van der Waals surface area contributed by atoms with Crippen LogP contribution in [0.1, 0.15) is 17.9 Å². The smallest absolute Gasteiger partial charge is 0.331 e. The Labute approximate surface area is 129 Å². The number of carbonyl (C=O) groups is 1. The molecule has 23 heavy (non-hydrogen) atoms. The van der Waals surface area contributed by atoms with Crippen molar-refractivity contribution in [2.45, 2.75) is 13.2 Å². The normalized spacial score (nSPS) is 13.0. The second-order valence-electron chi connectivity index (χ2n) is 4.58. The van der Waals surface area contributed by atoms with Crippen molar-refractivity contribution < 1.29 is 27.8 Å². The molecule has 2 aromatic rings. The molecule has 3 rings (SSSR count). The molecule has 6 nitrogen and oxygen atoms in total. The summed E-state index contributed by atoms with van der Waals surface area (Å²) in [7, 11) is 0. The zero-order chi connectivity index (χ0) is 16.2. The Hall–Kier alpha value is -2.90. The summed E-state index contributed by atoms with van der Waals surface area (Å²) < 4.78 is 41.2. The van der Waals surface area contributed by atoms with Crippen molar-refractivity contribution in [1.82, 2.24) is 9.55 Å². The third kappa shape index (κ3) is 3.47. The zero-order valence-electron chi connectivity index (χ0n) is 11.8. The van der Waals surface area contributed by atoms with Crippen molar-refractivity contribution >= 4 is 12.0 Å². The number of carbonyl (C=O) groups excluding carboxylic acids is 1. The van der Waals surface area contributed by atoms with E-state index in [2.05, 4.69) is 4.98 Å². The first-order valence-electron chi connectivity index (χ1n) is 6.68. The molecule has 1 aliphatic heterocycles. The molecule has 0 fully saturated rings. The van der Waals surface area contributed by atoms with Crippen LogP contribution in [0.15, 0.2) is 36.7 Å². The molecule has 0 saturated heterocycles. The summed E-state index contributed by atoms with van der Waals surface area (Å²) in [5.74, 6) is 0.555. The van der Waals surface area contributed by atoms with Crippen molar-refractivity contribution in [2.75, 3.05) is 6.79 Å². The molecule has 120 valence electrons. The number of benzene rings is 1. The van der Waals surface area contributed by atoms with Crippen molar-refractivity contribution in [3.63, 3.8) is 0 Å². The Morgan fingerprint density at radius 1 is 1.39 bits per heavy atom. The molecular formula is C15H12F2N2O4. The van der Waals surface area contributed by atoms with Gasteiger partial charge in [-0.1, -0.05) is 6.07 Å². The van der Waals surface area contributed by atoms with E-state index in [1.54, 1.807) is 18.2 Å². The van der Waals surface area contributed by atoms with Gasteiger partial charge in [-0.2, -0.15) is 8.78 Å². The first kappa shape index (κ1) is 15.0. The van der Waals surface area contributed by atoms with Gasteiger partial charge in [-0.15, -0.1) is 0 Å². The molecular weight excluding hydrogens is 310 g/mol. The van der Waals surface area contributed by atoms with Crippen molar-refractivity contribution in [3.05, 3.63) is 48.1 Å². The van der Waals surface area contributed by atoms with Crippen LogP contribution in [0.25, 0.3) is 6.08 Å². The molecule has 0 radical (unpaired) electrons. The number of alkyl halides is 2. The van der Waals surface area contributed by atoms with Gasteiger partial charge in [-0.05, 0) is 23.8 Å². The number of hydrogen-bond acceptors (Lipinski definition) is 5. The summed E-state index contributed by atoms with van der Waals surface area (Å²) in [4.78, 5) is 15.4. The Morgan fingerprint density at radius 3 is 3.04 bits per heavy atom. The van der Waals surface area contributed by atoms with Gasteiger partial charge < -0.3 is 14.2 Å². The summed E-state index contributed by atoms with van der Waals surface area (Å²) in [6.45, 7) is -2.89. The lowest BCUT2D eigenvalue weighted by molar-refractivity contribution is -0.139. The monoisotopic (exact) mass is 322 g/mol. The van der Waals surface area contributed by atoms with Gasteiger partial charge in [0.05, 0.1) is 0 Å². The van der Waals surface area contributed by atoms with Crippen LogP contribution in [0.3, 0.4) is 0 Å². The van der Waals surface area contributed by atoms with Gasteiger partial charge in [0.1, 0.15) is 6.61 Å². The molecule has 0 bridgehead atoms. The van der Waals surface area contributed by atoms with Gasteiger partial charge >= 0.3 is 12.5 Å². The molecule has 0 aliphatic carbocycles. The van der Waals surface area contributed by atoms with E-state index in [1.807, 2.05) is 0 Å². The van der Waals surface area contributed by atoms with Crippen LogP contribution in [0.4, 0.5) is 8.78 Å². The lowest BCUT2D eigenvalue weighted by Gasteiger charge is -2.06. The second kappa shape index (κ2) is 6.47. The number of imidazole rings is 1. The molecule has 0 amide bonds. The number of halogens is 2. The van der Waals surface area contributed by atoms with Crippen LogP contribution in [-0.2, 0) is 16.1 Å². The van der Waals surface area contributed by atoms with Crippen molar-refractivity contribution in [2.24, 2.45) is 0 Å². The quantitative estimate of drug-likeness (QED) is 0.626. The van der Waals surface area contributed by atoms with E-state index in [1.165, 1.54) is 18.3 Å². The highest BCUT2D eigenvalue weighted by Gasteiger charge is 2.13. The molecule has 8 heteroatoms. The van der Waals surface area contributed by atoms with E-state index in [-0.39, 0.29) is 19.2 Å². The molecule has 2 heterocycles. The molecule has 0 N–H and O–H groups in total. The van der Waals surface area contributed by atoms with Gasteiger partial charge in [0, 0.05) is 18.5 Å². The number of aromatic nitrogens is 2. The van der Waals surface area contributed by atoms with Crippen LogP contribution < -0.4 is 9.47 Å². The number of hydrogen-bond donors (Lipinski definition) is 0.